The van der Waals surface area contributed by atoms with Crippen LogP contribution in [0.15, 0.2) is 72.8 Å². The van der Waals surface area contributed by atoms with Crippen LogP contribution in [-0.2, 0) is 32.6 Å². The van der Waals surface area contributed by atoms with Crippen molar-refractivity contribution in [3.63, 3.8) is 0 Å². The Hall–Kier alpha value is -3.14. The van der Waals surface area contributed by atoms with Gasteiger partial charge < -0.3 is 10.2 Å². The van der Waals surface area contributed by atoms with Crippen molar-refractivity contribution in [2.75, 3.05) is 17.1 Å². The number of sulfonamides is 1. The Bertz CT molecular complexity index is 1470. The second kappa shape index (κ2) is 13.7. The fourth-order valence-electron chi connectivity index (χ4n) is 4.96. The van der Waals surface area contributed by atoms with Crippen molar-refractivity contribution in [3.8, 4) is 0 Å². The predicted molar refractivity (Wildman–Crippen MR) is 160 cm³/mol. The molecule has 1 saturated carbocycles. The van der Waals surface area contributed by atoms with E-state index in [1.165, 1.54) is 11.0 Å². The van der Waals surface area contributed by atoms with Gasteiger partial charge in [0.1, 0.15) is 18.4 Å². The van der Waals surface area contributed by atoms with E-state index in [0.29, 0.717) is 10.6 Å². The summed E-state index contributed by atoms with van der Waals surface area (Å²) in [7, 11) is -3.99. The molecule has 0 radical (unpaired) electrons. The van der Waals surface area contributed by atoms with Crippen molar-refractivity contribution in [2.45, 2.75) is 50.7 Å². The molecule has 0 saturated heterocycles. The molecule has 1 aliphatic rings. The Morgan fingerprint density at radius 1 is 0.976 bits per heavy atom. The second-order valence-electron chi connectivity index (χ2n) is 10.2. The Labute approximate surface area is 250 Å². The van der Waals surface area contributed by atoms with E-state index in [9.17, 15) is 22.4 Å². The minimum atomic E-state index is -3.99. The molecule has 0 unspecified atom stereocenters. The molecule has 0 heterocycles. The van der Waals surface area contributed by atoms with Gasteiger partial charge in [0.15, 0.2) is 0 Å². The average Bonchev–Trinajstić information content (AvgIpc) is 3.45. The summed E-state index contributed by atoms with van der Waals surface area (Å²) in [6, 6.07) is 18.8. The fraction of sp³-hybridized carbons (Fsp3) is 0.333. The van der Waals surface area contributed by atoms with Gasteiger partial charge in [-0.2, -0.15) is 0 Å². The van der Waals surface area contributed by atoms with Crippen molar-refractivity contribution in [3.05, 3.63) is 99.8 Å². The fourth-order valence-corrected chi connectivity index (χ4v) is 6.10. The van der Waals surface area contributed by atoms with Crippen molar-refractivity contribution < 1.29 is 22.4 Å². The number of benzene rings is 3. The maximum absolute atomic E-state index is 14.1. The van der Waals surface area contributed by atoms with Crippen LogP contribution in [0.25, 0.3) is 0 Å². The number of amides is 2. The van der Waals surface area contributed by atoms with Gasteiger partial charge in [-0.1, -0.05) is 78.5 Å². The standard InChI is InChI=1S/C30H32Cl2FN3O4S/c1-41(39,40)36(25-15-16-27(33)26(32)18-25)20-29(37)35(19-22-11-13-23(31)14-12-22)28(17-21-7-3-2-4-8-21)30(38)34-24-9-5-6-10-24/h2-4,7-8,11-16,18,24,28H,5-6,9-10,17,19-20H2,1H3,(H,34,38)/t28-/m1/s1. The number of hydrogen-bond acceptors (Lipinski definition) is 4. The van der Waals surface area contributed by atoms with E-state index in [4.69, 9.17) is 23.2 Å². The molecule has 218 valence electrons. The minimum Gasteiger partial charge on any atom is -0.352 e. The normalized spacial score (nSPS) is 14.4. The smallest absolute Gasteiger partial charge is 0.244 e. The van der Waals surface area contributed by atoms with Crippen molar-refractivity contribution in [2.24, 2.45) is 0 Å². The van der Waals surface area contributed by atoms with Crippen molar-refractivity contribution in [1.82, 2.24) is 10.2 Å². The van der Waals surface area contributed by atoms with Gasteiger partial charge in [0.2, 0.25) is 21.8 Å². The number of nitrogens with zero attached hydrogens (tertiary/aromatic N) is 2. The Morgan fingerprint density at radius 3 is 2.24 bits per heavy atom. The summed E-state index contributed by atoms with van der Waals surface area (Å²) < 4.78 is 40.4. The number of anilines is 1. The molecule has 0 bridgehead atoms. The van der Waals surface area contributed by atoms with E-state index >= 15 is 0 Å². The first-order chi connectivity index (χ1) is 19.5. The molecule has 3 aromatic rings. The lowest BCUT2D eigenvalue weighted by atomic mass is 10.0. The van der Waals surface area contributed by atoms with Crippen molar-refractivity contribution in [1.29, 1.82) is 0 Å². The van der Waals surface area contributed by atoms with Gasteiger partial charge in [0.25, 0.3) is 0 Å². The summed E-state index contributed by atoms with van der Waals surface area (Å²) in [6.45, 7) is -0.580. The highest BCUT2D eigenvalue weighted by molar-refractivity contribution is 7.92. The van der Waals surface area contributed by atoms with Gasteiger partial charge in [0.05, 0.1) is 17.0 Å². The zero-order valence-electron chi connectivity index (χ0n) is 22.6. The number of carbonyl (C=O) groups is 2. The van der Waals surface area contributed by atoms with E-state index in [1.54, 1.807) is 24.3 Å². The van der Waals surface area contributed by atoms with Crippen molar-refractivity contribution >= 4 is 50.7 Å². The molecule has 0 aliphatic heterocycles. The summed E-state index contributed by atoms with van der Waals surface area (Å²) in [4.78, 5) is 29.3. The first-order valence-electron chi connectivity index (χ1n) is 13.3. The van der Waals surface area contributed by atoms with E-state index in [-0.39, 0.29) is 35.6 Å². The zero-order chi connectivity index (χ0) is 29.6. The Morgan fingerprint density at radius 2 is 1.63 bits per heavy atom. The van der Waals surface area contributed by atoms with Gasteiger partial charge in [0, 0.05) is 24.0 Å². The van der Waals surface area contributed by atoms with Crippen LogP contribution in [0, 0.1) is 5.82 Å². The second-order valence-corrected chi connectivity index (χ2v) is 13.0. The molecule has 1 atom stereocenters. The maximum atomic E-state index is 14.1. The molecule has 1 N–H and O–H groups in total. The van der Waals surface area contributed by atoms with Gasteiger partial charge in [-0.3, -0.25) is 13.9 Å². The molecule has 0 aromatic heterocycles. The monoisotopic (exact) mass is 619 g/mol. The number of halogens is 3. The molecule has 3 aromatic carbocycles. The first-order valence-corrected chi connectivity index (χ1v) is 15.9. The highest BCUT2D eigenvalue weighted by Crippen LogP contribution is 2.26. The predicted octanol–water partition coefficient (Wildman–Crippen LogP) is 5.60. The molecular weight excluding hydrogens is 588 g/mol. The lowest BCUT2D eigenvalue weighted by Gasteiger charge is -2.34. The number of rotatable bonds is 11. The number of nitrogens with one attached hydrogen (secondary N) is 1. The summed E-state index contributed by atoms with van der Waals surface area (Å²) >= 11 is 12.0. The number of carbonyl (C=O) groups excluding carboxylic acids is 2. The lowest BCUT2D eigenvalue weighted by molar-refractivity contribution is -0.140. The molecular formula is C30H32Cl2FN3O4S. The van der Waals surface area contributed by atoms with E-state index in [1.807, 2.05) is 30.3 Å². The van der Waals surface area contributed by atoms with Crippen LogP contribution in [0.5, 0.6) is 0 Å². The summed E-state index contributed by atoms with van der Waals surface area (Å²) in [5.41, 5.74) is 1.59. The molecule has 11 heteroatoms. The Balaban J connectivity index is 1.72. The molecule has 4 rings (SSSR count). The average molecular weight is 621 g/mol. The molecule has 7 nitrogen and oxygen atoms in total. The third kappa shape index (κ3) is 8.44. The largest absolute Gasteiger partial charge is 0.352 e. The topological polar surface area (TPSA) is 86.8 Å². The number of hydrogen-bond donors (Lipinski definition) is 1. The maximum Gasteiger partial charge on any atom is 0.244 e. The van der Waals surface area contributed by atoms with E-state index in [2.05, 4.69) is 5.32 Å². The third-order valence-electron chi connectivity index (χ3n) is 7.11. The molecule has 2 amide bonds. The Kier molecular flexibility index (Phi) is 10.3. The van der Waals surface area contributed by atoms with E-state index in [0.717, 1.165) is 53.9 Å². The first kappa shape index (κ1) is 30.8. The van der Waals surface area contributed by atoms with Crippen LogP contribution >= 0.6 is 23.2 Å². The third-order valence-corrected chi connectivity index (χ3v) is 8.79. The van der Waals surface area contributed by atoms with Gasteiger partial charge in [-0.25, -0.2) is 12.8 Å². The van der Waals surface area contributed by atoms with Crippen LogP contribution in [0.1, 0.15) is 36.8 Å². The zero-order valence-corrected chi connectivity index (χ0v) is 24.9. The van der Waals surface area contributed by atoms with Crippen LogP contribution in [0.2, 0.25) is 10.0 Å². The van der Waals surface area contributed by atoms with Crippen LogP contribution in [-0.4, -0.2) is 50.0 Å². The molecule has 0 spiro atoms. The van der Waals surface area contributed by atoms with Gasteiger partial charge in [-0.05, 0) is 54.3 Å². The van der Waals surface area contributed by atoms with Crippen LogP contribution in [0.3, 0.4) is 0 Å². The van der Waals surface area contributed by atoms with Crippen LogP contribution in [0.4, 0.5) is 10.1 Å². The van der Waals surface area contributed by atoms with Gasteiger partial charge in [-0.15, -0.1) is 0 Å². The minimum absolute atomic E-state index is 0.0159. The molecule has 1 aliphatic carbocycles. The summed E-state index contributed by atoms with van der Waals surface area (Å²) in [5.74, 6) is -1.63. The van der Waals surface area contributed by atoms with Gasteiger partial charge >= 0.3 is 0 Å². The summed E-state index contributed by atoms with van der Waals surface area (Å²) in [5, 5.41) is 3.35. The SMILES string of the molecule is CS(=O)(=O)N(CC(=O)N(Cc1ccc(Cl)cc1)[C@H](Cc1ccccc1)C(=O)NC1CCCC1)c1ccc(F)c(Cl)c1. The van der Waals surface area contributed by atoms with Crippen LogP contribution < -0.4 is 9.62 Å². The highest BCUT2D eigenvalue weighted by atomic mass is 35.5. The van der Waals surface area contributed by atoms with E-state index < -0.39 is 34.3 Å². The lowest BCUT2D eigenvalue weighted by Crippen LogP contribution is -2.54. The molecule has 1 fully saturated rings. The highest BCUT2D eigenvalue weighted by Gasteiger charge is 2.34. The molecule has 41 heavy (non-hydrogen) atoms. The quantitative estimate of drug-likeness (QED) is 0.303. The summed E-state index contributed by atoms with van der Waals surface area (Å²) in [6.07, 6.45) is 4.94.